The molecule has 1 aliphatic rings. The van der Waals surface area contributed by atoms with E-state index in [0.717, 1.165) is 24.8 Å². The number of nitrogens with one attached hydrogen (secondary N) is 4. The van der Waals surface area contributed by atoms with Crippen molar-refractivity contribution in [2.24, 2.45) is 5.92 Å². The molecule has 0 unspecified atom stereocenters. The lowest BCUT2D eigenvalue weighted by Gasteiger charge is -2.25. The van der Waals surface area contributed by atoms with E-state index in [1.807, 2.05) is 44.2 Å². The summed E-state index contributed by atoms with van der Waals surface area (Å²) in [4.78, 5) is 51.8. The van der Waals surface area contributed by atoms with Gasteiger partial charge < -0.3 is 21.3 Å². The summed E-state index contributed by atoms with van der Waals surface area (Å²) in [6.07, 6.45) is 21.0. The Hall–Kier alpha value is -3.42. The van der Waals surface area contributed by atoms with Gasteiger partial charge in [-0.15, -0.1) is 0 Å². The molecule has 2 rings (SSSR count). The Labute approximate surface area is 265 Å². The fourth-order valence-electron chi connectivity index (χ4n) is 5.18. The average Bonchev–Trinajstić information content (AvgIpc) is 3.00. The highest BCUT2D eigenvalue weighted by molar-refractivity contribution is 5.93. The first-order chi connectivity index (χ1) is 21.3. The summed E-state index contributed by atoms with van der Waals surface area (Å²) in [5.41, 5.74) is 0.919. The lowest BCUT2D eigenvalue weighted by atomic mass is 10.0. The normalized spacial score (nSPS) is 19.5. The Morgan fingerprint density at radius 2 is 1.52 bits per heavy atom. The van der Waals surface area contributed by atoms with Gasteiger partial charge in [0.2, 0.25) is 23.6 Å². The van der Waals surface area contributed by atoms with Gasteiger partial charge >= 0.3 is 0 Å². The number of unbranched alkanes of at least 4 members (excludes halogenated alkanes) is 10. The first kappa shape index (κ1) is 36.8. The van der Waals surface area contributed by atoms with Gasteiger partial charge in [0, 0.05) is 31.5 Å². The Morgan fingerprint density at radius 3 is 2.16 bits per heavy atom. The van der Waals surface area contributed by atoms with Gasteiger partial charge in [0.1, 0.15) is 12.1 Å². The van der Waals surface area contributed by atoms with Crippen molar-refractivity contribution in [3.63, 3.8) is 0 Å². The molecule has 8 nitrogen and oxygen atoms in total. The van der Waals surface area contributed by atoms with Gasteiger partial charge in [-0.2, -0.15) is 0 Å². The number of hydrogen-bond donors (Lipinski definition) is 4. The first-order valence-corrected chi connectivity index (χ1v) is 16.9. The molecule has 1 aliphatic heterocycles. The summed E-state index contributed by atoms with van der Waals surface area (Å²) in [7, 11) is 0. The second kappa shape index (κ2) is 22.1. The number of carbonyl (C=O) groups is 4. The van der Waals surface area contributed by atoms with Gasteiger partial charge in [-0.25, -0.2) is 0 Å². The Kier molecular flexibility index (Phi) is 18.5. The van der Waals surface area contributed by atoms with E-state index < -0.39 is 18.0 Å². The molecule has 44 heavy (non-hydrogen) atoms. The molecule has 0 saturated carbocycles. The lowest BCUT2D eigenvalue weighted by molar-refractivity contribution is -0.131. The Morgan fingerprint density at radius 1 is 0.886 bits per heavy atom. The molecule has 1 heterocycles. The summed E-state index contributed by atoms with van der Waals surface area (Å²) < 4.78 is 0. The van der Waals surface area contributed by atoms with Crippen molar-refractivity contribution in [3.8, 4) is 0 Å². The van der Waals surface area contributed by atoms with Crippen LogP contribution in [-0.2, 0) is 25.6 Å². The highest BCUT2D eigenvalue weighted by Gasteiger charge is 2.27. The monoisotopic (exact) mass is 608 g/mol. The minimum absolute atomic E-state index is 0.0342. The van der Waals surface area contributed by atoms with Gasteiger partial charge in [-0.3, -0.25) is 19.2 Å². The van der Waals surface area contributed by atoms with Gasteiger partial charge in [0.15, 0.2) is 0 Å². The predicted molar refractivity (Wildman–Crippen MR) is 178 cm³/mol. The van der Waals surface area contributed by atoms with Crippen LogP contribution in [0.1, 0.15) is 110 Å². The molecule has 4 amide bonds. The number of carbonyl (C=O) groups excluding carboxylic acids is 4. The first-order valence-electron chi connectivity index (χ1n) is 16.9. The van der Waals surface area contributed by atoms with Crippen LogP contribution >= 0.6 is 0 Å². The van der Waals surface area contributed by atoms with E-state index in [1.165, 1.54) is 57.4 Å². The van der Waals surface area contributed by atoms with E-state index in [4.69, 9.17) is 0 Å². The molecular weight excluding hydrogens is 552 g/mol. The third-order valence-electron chi connectivity index (χ3n) is 7.94. The van der Waals surface area contributed by atoms with Crippen LogP contribution in [0.3, 0.4) is 0 Å². The molecule has 4 N–H and O–H groups in total. The molecule has 244 valence electrons. The summed E-state index contributed by atoms with van der Waals surface area (Å²) in [5, 5.41) is 11.6. The van der Waals surface area contributed by atoms with Crippen LogP contribution in [0.25, 0.3) is 0 Å². The molecule has 3 atom stereocenters. The summed E-state index contributed by atoms with van der Waals surface area (Å²) in [6.45, 7) is 6.55. The summed E-state index contributed by atoms with van der Waals surface area (Å²) in [6, 6.07) is 7.43. The van der Waals surface area contributed by atoms with E-state index in [2.05, 4.69) is 28.2 Å². The van der Waals surface area contributed by atoms with Crippen LogP contribution in [0.5, 0.6) is 0 Å². The van der Waals surface area contributed by atoms with E-state index in [9.17, 15) is 19.2 Å². The van der Waals surface area contributed by atoms with Crippen molar-refractivity contribution in [2.75, 3.05) is 6.54 Å². The highest BCUT2D eigenvalue weighted by atomic mass is 16.2. The van der Waals surface area contributed by atoms with E-state index in [1.54, 1.807) is 18.2 Å². The lowest BCUT2D eigenvalue weighted by Crippen LogP contribution is -2.55. The molecular formula is C36H56N4O4. The van der Waals surface area contributed by atoms with Crippen molar-refractivity contribution in [2.45, 2.75) is 129 Å². The second-order valence-corrected chi connectivity index (χ2v) is 12.2. The number of amides is 4. The molecule has 0 aromatic heterocycles. The molecule has 1 aromatic carbocycles. The van der Waals surface area contributed by atoms with Crippen molar-refractivity contribution in [3.05, 3.63) is 60.2 Å². The van der Waals surface area contributed by atoms with Crippen LogP contribution in [0.4, 0.5) is 0 Å². The molecule has 0 spiro atoms. The SMILES string of the molecule is CCCCCCCCCCCCCC(=O)N[C@@H](Cc1ccccc1)C(=O)N[C@H]1/C=C/CCNC(=O)/C=C/[C@H](C(C)C)NC1=O. The van der Waals surface area contributed by atoms with Crippen molar-refractivity contribution < 1.29 is 19.2 Å². The predicted octanol–water partition coefficient (Wildman–Crippen LogP) is 5.67. The molecule has 1 aromatic rings. The zero-order valence-electron chi connectivity index (χ0n) is 27.2. The summed E-state index contributed by atoms with van der Waals surface area (Å²) >= 11 is 0. The minimum Gasteiger partial charge on any atom is -0.352 e. The van der Waals surface area contributed by atoms with Gasteiger partial charge in [0.05, 0.1) is 0 Å². The molecule has 0 saturated heterocycles. The molecule has 8 heteroatoms. The third kappa shape index (κ3) is 15.9. The van der Waals surface area contributed by atoms with E-state index in [-0.39, 0.29) is 29.7 Å². The largest absolute Gasteiger partial charge is 0.352 e. The van der Waals surface area contributed by atoms with E-state index >= 15 is 0 Å². The minimum atomic E-state index is -0.922. The zero-order valence-corrected chi connectivity index (χ0v) is 27.2. The van der Waals surface area contributed by atoms with Gasteiger partial charge in [-0.1, -0.05) is 134 Å². The Bertz CT molecular complexity index is 1050. The topological polar surface area (TPSA) is 116 Å². The molecule has 0 fully saturated rings. The van der Waals surface area contributed by atoms with Gasteiger partial charge in [-0.05, 0) is 24.3 Å². The fraction of sp³-hybridized carbons (Fsp3) is 0.611. The maximum absolute atomic E-state index is 13.6. The van der Waals surface area contributed by atoms with Crippen molar-refractivity contribution >= 4 is 23.6 Å². The van der Waals surface area contributed by atoms with E-state index in [0.29, 0.717) is 25.8 Å². The van der Waals surface area contributed by atoms with Crippen molar-refractivity contribution in [1.29, 1.82) is 0 Å². The zero-order chi connectivity index (χ0) is 32.0. The molecule has 0 aliphatic carbocycles. The van der Waals surface area contributed by atoms with Crippen molar-refractivity contribution in [1.82, 2.24) is 21.3 Å². The number of hydrogen-bond acceptors (Lipinski definition) is 4. The van der Waals surface area contributed by atoms with Crippen LogP contribution < -0.4 is 21.3 Å². The Balaban J connectivity index is 1.96. The number of benzene rings is 1. The maximum atomic E-state index is 13.6. The van der Waals surface area contributed by atoms with Crippen LogP contribution in [-0.4, -0.2) is 48.3 Å². The molecule has 0 bridgehead atoms. The average molecular weight is 609 g/mol. The summed E-state index contributed by atoms with van der Waals surface area (Å²) in [5.74, 6) is -1.12. The number of rotatable bonds is 18. The quantitative estimate of drug-likeness (QED) is 0.127. The molecule has 0 radical (unpaired) electrons. The van der Waals surface area contributed by atoms with Crippen LogP contribution in [0.2, 0.25) is 0 Å². The fourth-order valence-corrected chi connectivity index (χ4v) is 5.18. The maximum Gasteiger partial charge on any atom is 0.247 e. The third-order valence-corrected chi connectivity index (χ3v) is 7.94. The van der Waals surface area contributed by atoms with Crippen LogP contribution in [0, 0.1) is 5.92 Å². The van der Waals surface area contributed by atoms with Gasteiger partial charge in [0.25, 0.3) is 0 Å². The second-order valence-electron chi connectivity index (χ2n) is 12.2. The smallest absolute Gasteiger partial charge is 0.247 e. The highest BCUT2D eigenvalue weighted by Crippen LogP contribution is 2.13. The van der Waals surface area contributed by atoms with Crippen LogP contribution in [0.15, 0.2) is 54.6 Å². The standard InChI is InChI=1S/C36H56N4O4/c1-4-5-6-7-8-9-10-11-12-13-17-23-34(42)38-32(27-29-20-15-14-16-21-29)36(44)40-31-22-18-19-26-37-33(41)25-24-30(28(2)3)39-35(31)43/h14-16,18,20-22,24-25,28,30-32H,4-13,17,19,23,26-27H2,1-3H3,(H,37,41)(H,38,42)(H,39,43)(H,40,44)/b22-18+,25-24+/t30-,31+,32+/m1/s1.